The van der Waals surface area contributed by atoms with Crippen LogP contribution in [0, 0.1) is 6.92 Å². The molecule has 0 atom stereocenters. The molecule has 1 fully saturated rings. The van der Waals surface area contributed by atoms with Gasteiger partial charge in [0.25, 0.3) is 0 Å². The first-order chi connectivity index (χ1) is 12.7. The molecule has 0 bridgehead atoms. The predicted octanol–water partition coefficient (Wildman–Crippen LogP) is 5.17. The van der Waals surface area contributed by atoms with Crippen molar-refractivity contribution in [2.45, 2.75) is 31.6 Å². The van der Waals surface area contributed by atoms with Crippen LogP contribution in [0.1, 0.15) is 29.5 Å². The number of nitrogens with two attached hydrogens (primary N) is 1. The number of hydrogen-bond donors (Lipinski definition) is 2. The number of nitrogen functional groups attached to an aromatic ring is 1. The van der Waals surface area contributed by atoms with Gasteiger partial charge in [-0.2, -0.15) is 11.3 Å². The van der Waals surface area contributed by atoms with Crippen LogP contribution in [0.3, 0.4) is 0 Å². The number of thiophene rings is 1. The highest BCUT2D eigenvalue weighted by Gasteiger charge is 2.35. The maximum atomic E-state index is 6.18. The number of aryl methyl sites for hydroxylation is 1. The Bertz CT molecular complexity index is 877. The smallest absolute Gasteiger partial charge is 0.0317 e. The molecule has 0 radical (unpaired) electrons. The molecular formula is C23H26N2S. The zero-order chi connectivity index (χ0) is 18.0. The Hall–Kier alpha value is -2.10. The Morgan fingerprint density at radius 2 is 1.88 bits per heavy atom. The van der Waals surface area contributed by atoms with Crippen molar-refractivity contribution in [3.63, 3.8) is 0 Å². The Labute approximate surface area is 160 Å². The molecule has 2 nitrogen and oxygen atoms in total. The Morgan fingerprint density at radius 3 is 2.65 bits per heavy atom. The summed E-state index contributed by atoms with van der Waals surface area (Å²) in [5.41, 5.74) is 14.1. The molecule has 1 aliphatic heterocycles. The predicted molar refractivity (Wildman–Crippen MR) is 113 cm³/mol. The topological polar surface area (TPSA) is 38.0 Å². The normalized spacial score (nSPS) is 16.5. The van der Waals surface area contributed by atoms with E-state index in [1.165, 1.54) is 27.8 Å². The fourth-order valence-electron chi connectivity index (χ4n) is 4.40. The van der Waals surface area contributed by atoms with Gasteiger partial charge in [-0.15, -0.1) is 0 Å². The summed E-state index contributed by atoms with van der Waals surface area (Å²) in [6.07, 6.45) is 3.36. The lowest BCUT2D eigenvalue weighted by atomic mass is 9.67. The molecule has 3 heteroatoms. The molecule has 1 aliphatic rings. The Morgan fingerprint density at radius 1 is 1.08 bits per heavy atom. The first-order valence-corrected chi connectivity index (χ1v) is 10.3. The van der Waals surface area contributed by atoms with Crippen molar-refractivity contribution in [2.75, 3.05) is 18.8 Å². The molecule has 0 saturated carbocycles. The van der Waals surface area contributed by atoms with E-state index in [9.17, 15) is 0 Å². The zero-order valence-electron chi connectivity index (χ0n) is 15.3. The van der Waals surface area contributed by atoms with Crippen LogP contribution in [-0.4, -0.2) is 13.1 Å². The highest BCUT2D eigenvalue weighted by atomic mass is 32.1. The summed E-state index contributed by atoms with van der Waals surface area (Å²) in [7, 11) is 0. The molecule has 3 N–H and O–H groups in total. The Balaban J connectivity index is 1.79. The standard InChI is InChI=1S/C23H26N2S/c1-17-6-7-20(24)14-22(17)23(9-11-25-12-10-23)15-18-4-2-3-5-21(18)19-8-13-26-16-19/h2-8,13-14,16,25H,9-12,15,24H2,1H3. The largest absolute Gasteiger partial charge is 0.399 e. The van der Waals surface area contributed by atoms with Gasteiger partial charge in [0.05, 0.1) is 0 Å². The van der Waals surface area contributed by atoms with E-state index >= 15 is 0 Å². The molecule has 0 unspecified atom stereocenters. The van der Waals surface area contributed by atoms with Crippen LogP contribution >= 0.6 is 11.3 Å². The molecule has 3 aromatic rings. The van der Waals surface area contributed by atoms with E-state index in [4.69, 9.17) is 5.73 Å². The summed E-state index contributed by atoms with van der Waals surface area (Å²) in [6, 6.07) is 17.5. The summed E-state index contributed by atoms with van der Waals surface area (Å²) < 4.78 is 0. The molecule has 0 aliphatic carbocycles. The lowest BCUT2D eigenvalue weighted by molar-refractivity contribution is 0.304. The number of hydrogen-bond acceptors (Lipinski definition) is 3. The van der Waals surface area contributed by atoms with Crippen LogP contribution in [0.4, 0.5) is 5.69 Å². The minimum Gasteiger partial charge on any atom is -0.399 e. The number of benzene rings is 2. The van der Waals surface area contributed by atoms with Crippen molar-refractivity contribution in [3.8, 4) is 11.1 Å². The van der Waals surface area contributed by atoms with Crippen molar-refractivity contribution in [2.24, 2.45) is 0 Å². The van der Waals surface area contributed by atoms with Gasteiger partial charge >= 0.3 is 0 Å². The second kappa shape index (κ2) is 7.26. The monoisotopic (exact) mass is 362 g/mol. The summed E-state index contributed by atoms with van der Waals surface area (Å²) in [4.78, 5) is 0. The fraction of sp³-hybridized carbons (Fsp3) is 0.304. The van der Waals surface area contributed by atoms with Crippen LogP contribution in [0.15, 0.2) is 59.3 Å². The molecule has 2 aromatic carbocycles. The highest BCUT2D eigenvalue weighted by molar-refractivity contribution is 7.08. The van der Waals surface area contributed by atoms with Gasteiger partial charge in [-0.05, 0) is 96.1 Å². The van der Waals surface area contributed by atoms with Gasteiger partial charge in [-0.1, -0.05) is 30.3 Å². The third-order valence-electron chi connectivity index (χ3n) is 5.77. The molecular weight excluding hydrogens is 336 g/mol. The first-order valence-electron chi connectivity index (χ1n) is 9.36. The summed E-state index contributed by atoms with van der Waals surface area (Å²) in [5.74, 6) is 0. The van der Waals surface area contributed by atoms with Crippen LogP contribution in [0.2, 0.25) is 0 Å². The average molecular weight is 363 g/mol. The van der Waals surface area contributed by atoms with Crippen molar-refractivity contribution in [1.29, 1.82) is 0 Å². The van der Waals surface area contributed by atoms with E-state index in [2.05, 4.69) is 65.5 Å². The summed E-state index contributed by atoms with van der Waals surface area (Å²) >= 11 is 1.76. The lowest BCUT2D eigenvalue weighted by Gasteiger charge is -2.40. The number of rotatable bonds is 4. The van der Waals surface area contributed by atoms with Crippen LogP contribution in [0.25, 0.3) is 11.1 Å². The van der Waals surface area contributed by atoms with Gasteiger partial charge in [-0.3, -0.25) is 0 Å². The SMILES string of the molecule is Cc1ccc(N)cc1C1(Cc2ccccc2-c2ccsc2)CCNCC1. The molecule has 1 saturated heterocycles. The summed E-state index contributed by atoms with van der Waals surface area (Å²) in [5, 5.41) is 7.95. The van der Waals surface area contributed by atoms with Gasteiger partial charge < -0.3 is 11.1 Å². The van der Waals surface area contributed by atoms with E-state index in [0.717, 1.165) is 38.0 Å². The van der Waals surface area contributed by atoms with E-state index in [1.54, 1.807) is 11.3 Å². The van der Waals surface area contributed by atoms with E-state index in [0.29, 0.717) is 0 Å². The van der Waals surface area contributed by atoms with E-state index in [1.807, 2.05) is 6.07 Å². The van der Waals surface area contributed by atoms with Crippen LogP contribution in [-0.2, 0) is 11.8 Å². The molecule has 4 rings (SSSR count). The number of nitrogens with one attached hydrogen (secondary N) is 1. The molecule has 26 heavy (non-hydrogen) atoms. The molecule has 1 aromatic heterocycles. The molecule has 134 valence electrons. The van der Waals surface area contributed by atoms with Gasteiger partial charge in [0.15, 0.2) is 0 Å². The minimum atomic E-state index is 0.150. The van der Waals surface area contributed by atoms with Crippen LogP contribution in [0.5, 0.6) is 0 Å². The molecule has 0 spiro atoms. The zero-order valence-corrected chi connectivity index (χ0v) is 16.1. The summed E-state index contributed by atoms with van der Waals surface area (Å²) in [6.45, 7) is 4.35. The van der Waals surface area contributed by atoms with Gasteiger partial charge in [0.1, 0.15) is 0 Å². The number of anilines is 1. The highest BCUT2D eigenvalue weighted by Crippen LogP contribution is 2.41. The molecule has 2 heterocycles. The third-order valence-corrected chi connectivity index (χ3v) is 6.46. The van der Waals surface area contributed by atoms with E-state index in [-0.39, 0.29) is 5.41 Å². The first kappa shape index (κ1) is 17.3. The van der Waals surface area contributed by atoms with Gasteiger partial charge in [0, 0.05) is 11.1 Å². The quantitative estimate of drug-likeness (QED) is 0.628. The minimum absolute atomic E-state index is 0.150. The van der Waals surface area contributed by atoms with Crippen molar-refractivity contribution in [3.05, 3.63) is 76.0 Å². The Kier molecular flexibility index (Phi) is 4.84. The van der Waals surface area contributed by atoms with E-state index < -0.39 is 0 Å². The maximum Gasteiger partial charge on any atom is 0.0317 e. The lowest BCUT2D eigenvalue weighted by Crippen LogP contribution is -2.42. The maximum absolute atomic E-state index is 6.18. The fourth-order valence-corrected chi connectivity index (χ4v) is 5.05. The van der Waals surface area contributed by atoms with Crippen molar-refractivity contribution < 1.29 is 0 Å². The van der Waals surface area contributed by atoms with Crippen LogP contribution < -0.4 is 11.1 Å². The van der Waals surface area contributed by atoms with Gasteiger partial charge in [-0.25, -0.2) is 0 Å². The average Bonchev–Trinajstić information content (AvgIpc) is 3.19. The van der Waals surface area contributed by atoms with Crippen molar-refractivity contribution >= 4 is 17.0 Å². The third kappa shape index (κ3) is 3.29. The van der Waals surface area contributed by atoms with Crippen molar-refractivity contribution in [1.82, 2.24) is 5.32 Å². The number of piperidine rings is 1. The second-order valence-corrected chi connectivity index (χ2v) is 8.23. The van der Waals surface area contributed by atoms with Gasteiger partial charge in [0.2, 0.25) is 0 Å². The second-order valence-electron chi connectivity index (χ2n) is 7.45. The molecule has 0 amide bonds.